The van der Waals surface area contributed by atoms with E-state index < -0.39 is 0 Å². The monoisotopic (exact) mass is 238 g/mol. The predicted molar refractivity (Wildman–Crippen MR) is 51.8 cm³/mol. The van der Waals surface area contributed by atoms with Gasteiger partial charge in [-0.2, -0.15) is 4.68 Å². The van der Waals surface area contributed by atoms with Gasteiger partial charge in [0.2, 0.25) is 0 Å². The summed E-state index contributed by atoms with van der Waals surface area (Å²) in [6, 6.07) is 9.79. The van der Waals surface area contributed by atoms with Crippen molar-refractivity contribution in [2.24, 2.45) is 0 Å². The standard InChI is InChI=1S/C8H7BrN4/c9-6-8-10-11-12-13(8)7-4-2-1-3-5-7/h1-5H,6H2. The molecule has 1 heterocycles. The summed E-state index contributed by atoms with van der Waals surface area (Å²) in [4.78, 5) is 0. The van der Waals surface area contributed by atoms with Crippen LogP contribution in [0.25, 0.3) is 5.69 Å². The lowest BCUT2D eigenvalue weighted by atomic mass is 10.3. The number of halogens is 1. The molecule has 4 nitrogen and oxygen atoms in total. The zero-order valence-corrected chi connectivity index (χ0v) is 8.35. The Morgan fingerprint density at radius 3 is 2.69 bits per heavy atom. The van der Waals surface area contributed by atoms with E-state index in [2.05, 4.69) is 31.5 Å². The second kappa shape index (κ2) is 3.66. The molecule has 13 heavy (non-hydrogen) atoms. The van der Waals surface area contributed by atoms with Gasteiger partial charge in [0.1, 0.15) is 0 Å². The molecular weight excluding hydrogens is 232 g/mol. The summed E-state index contributed by atoms with van der Waals surface area (Å²) < 4.78 is 1.70. The molecule has 0 unspecified atom stereocenters. The average Bonchev–Trinajstić information content (AvgIpc) is 2.67. The first-order valence-electron chi connectivity index (χ1n) is 3.80. The van der Waals surface area contributed by atoms with Crippen LogP contribution < -0.4 is 0 Å². The van der Waals surface area contributed by atoms with E-state index in [1.54, 1.807) is 4.68 Å². The fourth-order valence-electron chi connectivity index (χ4n) is 1.06. The lowest BCUT2D eigenvalue weighted by molar-refractivity contribution is 0.778. The highest BCUT2D eigenvalue weighted by atomic mass is 79.9. The van der Waals surface area contributed by atoms with Crippen molar-refractivity contribution in [2.75, 3.05) is 0 Å². The summed E-state index contributed by atoms with van der Waals surface area (Å²) >= 11 is 3.32. The van der Waals surface area contributed by atoms with Gasteiger partial charge in [-0.3, -0.25) is 0 Å². The molecule has 5 heteroatoms. The molecule has 0 aliphatic rings. The van der Waals surface area contributed by atoms with Gasteiger partial charge in [-0.15, -0.1) is 5.10 Å². The lowest BCUT2D eigenvalue weighted by Crippen LogP contribution is -2.00. The Morgan fingerprint density at radius 1 is 1.23 bits per heavy atom. The maximum atomic E-state index is 3.88. The van der Waals surface area contributed by atoms with Crippen LogP contribution in [0.5, 0.6) is 0 Å². The number of hydrogen-bond donors (Lipinski definition) is 0. The number of tetrazole rings is 1. The highest BCUT2D eigenvalue weighted by molar-refractivity contribution is 9.08. The summed E-state index contributed by atoms with van der Waals surface area (Å²) in [5.41, 5.74) is 0.974. The first kappa shape index (κ1) is 8.37. The van der Waals surface area contributed by atoms with Crippen LogP contribution in [-0.2, 0) is 5.33 Å². The molecule has 0 aliphatic carbocycles. The van der Waals surface area contributed by atoms with Gasteiger partial charge in [-0.25, -0.2) is 0 Å². The lowest BCUT2D eigenvalue weighted by Gasteiger charge is -2.00. The Morgan fingerprint density at radius 2 is 2.00 bits per heavy atom. The zero-order chi connectivity index (χ0) is 9.10. The third-order valence-electron chi connectivity index (χ3n) is 1.65. The molecule has 0 fully saturated rings. The van der Waals surface area contributed by atoms with Gasteiger partial charge in [0.05, 0.1) is 11.0 Å². The van der Waals surface area contributed by atoms with Crippen molar-refractivity contribution in [3.05, 3.63) is 36.2 Å². The summed E-state index contributed by atoms with van der Waals surface area (Å²) in [6.45, 7) is 0. The van der Waals surface area contributed by atoms with Gasteiger partial charge in [-0.05, 0) is 22.6 Å². The molecule has 0 aliphatic heterocycles. The molecule has 2 aromatic rings. The fourth-order valence-corrected chi connectivity index (χ4v) is 1.41. The van der Waals surface area contributed by atoms with Crippen LogP contribution in [0.2, 0.25) is 0 Å². The average molecular weight is 239 g/mol. The van der Waals surface area contributed by atoms with Crippen LogP contribution in [-0.4, -0.2) is 20.2 Å². The topological polar surface area (TPSA) is 43.6 Å². The minimum atomic E-state index is 0.648. The van der Waals surface area contributed by atoms with E-state index >= 15 is 0 Å². The Labute approximate surface area is 83.7 Å². The maximum absolute atomic E-state index is 3.88. The van der Waals surface area contributed by atoms with E-state index in [-0.39, 0.29) is 0 Å². The van der Waals surface area contributed by atoms with Crippen molar-refractivity contribution in [2.45, 2.75) is 5.33 Å². The minimum absolute atomic E-state index is 0.648. The second-order valence-electron chi connectivity index (χ2n) is 2.48. The molecule has 66 valence electrons. The quantitative estimate of drug-likeness (QED) is 0.747. The fraction of sp³-hybridized carbons (Fsp3) is 0.125. The van der Waals surface area contributed by atoms with Crippen LogP contribution in [0.1, 0.15) is 5.82 Å². The van der Waals surface area contributed by atoms with Gasteiger partial charge in [0.15, 0.2) is 5.82 Å². The van der Waals surface area contributed by atoms with Crippen LogP contribution >= 0.6 is 15.9 Å². The van der Waals surface area contributed by atoms with Crippen LogP contribution in [0.4, 0.5) is 0 Å². The molecule has 1 aromatic carbocycles. The largest absolute Gasteiger partial charge is 0.196 e. The van der Waals surface area contributed by atoms with Crippen molar-refractivity contribution in [1.82, 2.24) is 20.2 Å². The van der Waals surface area contributed by atoms with E-state index in [1.807, 2.05) is 30.3 Å². The van der Waals surface area contributed by atoms with E-state index in [0.29, 0.717) is 5.33 Å². The van der Waals surface area contributed by atoms with Gasteiger partial charge in [0.25, 0.3) is 0 Å². The van der Waals surface area contributed by atoms with Gasteiger partial charge >= 0.3 is 0 Å². The number of rotatable bonds is 2. The molecule has 2 rings (SSSR count). The Hall–Kier alpha value is -1.23. The molecule has 0 saturated carbocycles. The molecule has 0 saturated heterocycles. The van der Waals surface area contributed by atoms with Crippen LogP contribution in [0.3, 0.4) is 0 Å². The van der Waals surface area contributed by atoms with Crippen molar-refractivity contribution < 1.29 is 0 Å². The van der Waals surface area contributed by atoms with Gasteiger partial charge in [-0.1, -0.05) is 34.1 Å². The maximum Gasteiger partial charge on any atom is 0.167 e. The predicted octanol–water partition coefficient (Wildman–Crippen LogP) is 1.56. The number of para-hydroxylation sites is 1. The Kier molecular flexibility index (Phi) is 2.35. The molecule has 0 bridgehead atoms. The molecule has 0 radical (unpaired) electrons. The number of hydrogen-bond acceptors (Lipinski definition) is 3. The zero-order valence-electron chi connectivity index (χ0n) is 6.76. The molecule has 1 aromatic heterocycles. The minimum Gasteiger partial charge on any atom is -0.196 e. The molecule has 0 N–H and O–H groups in total. The van der Waals surface area contributed by atoms with E-state index in [0.717, 1.165) is 11.5 Å². The summed E-state index contributed by atoms with van der Waals surface area (Å²) in [5, 5.41) is 12.0. The summed E-state index contributed by atoms with van der Waals surface area (Å²) in [6.07, 6.45) is 0. The number of benzene rings is 1. The number of nitrogens with zero attached hydrogens (tertiary/aromatic N) is 4. The van der Waals surface area contributed by atoms with Crippen molar-refractivity contribution >= 4 is 15.9 Å². The Bertz CT molecular complexity index is 384. The van der Waals surface area contributed by atoms with Gasteiger partial charge < -0.3 is 0 Å². The highest BCUT2D eigenvalue weighted by Gasteiger charge is 2.04. The van der Waals surface area contributed by atoms with E-state index in [9.17, 15) is 0 Å². The molecule has 0 spiro atoms. The van der Waals surface area contributed by atoms with Crippen LogP contribution in [0, 0.1) is 0 Å². The third kappa shape index (κ3) is 1.60. The normalized spacial score (nSPS) is 10.2. The second-order valence-corrected chi connectivity index (χ2v) is 3.04. The Balaban J connectivity index is 2.47. The van der Waals surface area contributed by atoms with Crippen molar-refractivity contribution in [3.63, 3.8) is 0 Å². The first-order chi connectivity index (χ1) is 6.42. The molecule has 0 atom stereocenters. The number of aromatic nitrogens is 4. The van der Waals surface area contributed by atoms with Crippen molar-refractivity contribution in [1.29, 1.82) is 0 Å². The molecular formula is C8H7BrN4. The molecule has 0 amide bonds. The van der Waals surface area contributed by atoms with Crippen molar-refractivity contribution in [3.8, 4) is 5.69 Å². The summed E-state index contributed by atoms with van der Waals surface area (Å²) in [7, 11) is 0. The first-order valence-corrected chi connectivity index (χ1v) is 4.92. The highest BCUT2D eigenvalue weighted by Crippen LogP contribution is 2.08. The summed E-state index contributed by atoms with van der Waals surface area (Å²) in [5.74, 6) is 0.797. The van der Waals surface area contributed by atoms with Crippen LogP contribution in [0.15, 0.2) is 30.3 Å². The van der Waals surface area contributed by atoms with Gasteiger partial charge in [0, 0.05) is 0 Å². The van der Waals surface area contributed by atoms with E-state index in [4.69, 9.17) is 0 Å². The third-order valence-corrected chi connectivity index (χ3v) is 2.16. The number of alkyl halides is 1. The smallest absolute Gasteiger partial charge is 0.167 e. The van der Waals surface area contributed by atoms with E-state index in [1.165, 1.54) is 0 Å². The SMILES string of the molecule is BrCc1nnnn1-c1ccccc1.